The average Bonchev–Trinajstić information content (AvgIpc) is 2.46. The highest BCUT2D eigenvalue weighted by molar-refractivity contribution is 6.92. The van der Waals surface area contributed by atoms with Crippen molar-refractivity contribution in [2.24, 2.45) is 0 Å². The minimum Gasteiger partial charge on any atom is -0.0656 e. The van der Waals surface area contributed by atoms with Crippen molar-refractivity contribution in [2.45, 2.75) is 38.4 Å². The third-order valence-electron chi connectivity index (χ3n) is 3.42. The van der Waals surface area contributed by atoms with Crippen LogP contribution in [0.5, 0.6) is 0 Å². The van der Waals surface area contributed by atoms with Crippen molar-refractivity contribution in [3.8, 4) is 0 Å². The summed E-state index contributed by atoms with van der Waals surface area (Å²) < 4.78 is 0. The molecule has 0 bridgehead atoms. The van der Waals surface area contributed by atoms with Crippen molar-refractivity contribution in [3.63, 3.8) is 0 Å². The molecule has 0 N–H and O–H groups in total. The lowest BCUT2D eigenvalue weighted by molar-refractivity contribution is 1.03. The van der Waals surface area contributed by atoms with E-state index in [0.717, 1.165) is 0 Å². The summed E-state index contributed by atoms with van der Waals surface area (Å²) in [5, 5.41) is 1.75. The molecule has 0 spiro atoms. The van der Waals surface area contributed by atoms with Gasteiger partial charge in [-0.05, 0) is 18.0 Å². The Hall–Kier alpha value is -0.563. The van der Waals surface area contributed by atoms with Gasteiger partial charge < -0.3 is 0 Å². The molecule has 0 nitrogen and oxygen atoms in total. The predicted octanol–water partition coefficient (Wildman–Crippen LogP) is 2.94. The van der Waals surface area contributed by atoms with Crippen molar-refractivity contribution in [1.29, 1.82) is 0 Å². The van der Waals surface area contributed by atoms with Gasteiger partial charge in [0, 0.05) is 0 Å². The van der Waals surface area contributed by atoms with Crippen LogP contribution >= 0.6 is 0 Å². The van der Waals surface area contributed by atoms with Gasteiger partial charge in [-0.15, -0.1) is 0 Å². The van der Waals surface area contributed by atoms with Gasteiger partial charge in [-0.1, -0.05) is 55.4 Å². The Morgan fingerprint density at radius 3 is 2.85 bits per heavy atom. The normalized spacial score (nSPS) is 26.0. The molecule has 0 aromatic heterocycles. The van der Waals surface area contributed by atoms with Crippen molar-refractivity contribution >= 4 is 13.3 Å². The summed E-state index contributed by atoms with van der Waals surface area (Å²) in [6.07, 6.45) is 2.70. The van der Waals surface area contributed by atoms with Gasteiger partial charge in [0.25, 0.3) is 0 Å². The number of aryl methyl sites for hydroxylation is 1. The molecule has 13 heavy (non-hydrogen) atoms. The van der Waals surface area contributed by atoms with Gasteiger partial charge >= 0.3 is 0 Å². The molecule has 1 aliphatic heterocycles. The highest BCUT2D eigenvalue weighted by Gasteiger charge is 2.34. The van der Waals surface area contributed by atoms with Crippen LogP contribution in [0.1, 0.15) is 18.9 Å². The molecule has 1 aromatic rings. The van der Waals surface area contributed by atoms with Crippen LogP contribution in [0.3, 0.4) is 0 Å². The molecule has 1 heterocycles. The summed E-state index contributed by atoms with van der Waals surface area (Å²) in [6.45, 7) is 4.88. The van der Waals surface area contributed by atoms with E-state index in [-0.39, 0.29) is 0 Å². The largest absolute Gasteiger partial charge is 0.0843 e. The van der Waals surface area contributed by atoms with E-state index in [1.807, 2.05) is 0 Å². The smallest absolute Gasteiger partial charge is 0.0656 e. The summed E-state index contributed by atoms with van der Waals surface area (Å²) in [4.78, 5) is 0. The fourth-order valence-corrected chi connectivity index (χ4v) is 6.88. The standard InChI is InChI=1S/C12H18Si/c1-3-9-13(2)10-8-11-6-4-5-7-12(11)13/h4-7H,3,8-10H2,1-2H3. The first kappa shape index (κ1) is 9.01. The summed E-state index contributed by atoms with van der Waals surface area (Å²) in [5.74, 6) is 0. The van der Waals surface area contributed by atoms with Gasteiger partial charge in [0.1, 0.15) is 0 Å². The van der Waals surface area contributed by atoms with Crippen LogP contribution in [-0.4, -0.2) is 8.07 Å². The minimum absolute atomic E-state index is 1.01. The number of hydrogen-bond acceptors (Lipinski definition) is 0. The molecule has 0 radical (unpaired) electrons. The molecule has 1 aliphatic rings. The predicted molar refractivity (Wildman–Crippen MR) is 61.3 cm³/mol. The van der Waals surface area contributed by atoms with E-state index in [2.05, 4.69) is 37.7 Å². The van der Waals surface area contributed by atoms with Gasteiger partial charge in [-0.3, -0.25) is 0 Å². The van der Waals surface area contributed by atoms with Crippen LogP contribution < -0.4 is 5.19 Å². The van der Waals surface area contributed by atoms with Crippen molar-refractivity contribution in [1.82, 2.24) is 0 Å². The van der Waals surface area contributed by atoms with Gasteiger partial charge in [0.2, 0.25) is 0 Å². The number of rotatable bonds is 2. The van der Waals surface area contributed by atoms with E-state index in [0.29, 0.717) is 0 Å². The van der Waals surface area contributed by atoms with Crippen molar-refractivity contribution in [2.75, 3.05) is 0 Å². The van der Waals surface area contributed by atoms with E-state index in [1.165, 1.54) is 24.9 Å². The van der Waals surface area contributed by atoms with Gasteiger partial charge in [0.15, 0.2) is 0 Å². The third-order valence-corrected chi connectivity index (χ3v) is 8.16. The van der Waals surface area contributed by atoms with E-state index in [4.69, 9.17) is 0 Å². The summed E-state index contributed by atoms with van der Waals surface area (Å²) in [6, 6.07) is 12.1. The molecule has 70 valence electrons. The molecular weight excluding hydrogens is 172 g/mol. The summed E-state index contributed by atoms with van der Waals surface area (Å²) in [7, 11) is -1.01. The van der Waals surface area contributed by atoms with Crippen LogP contribution in [0.15, 0.2) is 24.3 Å². The summed E-state index contributed by atoms with van der Waals surface area (Å²) in [5.41, 5.74) is 1.64. The third kappa shape index (κ3) is 1.46. The zero-order valence-electron chi connectivity index (χ0n) is 8.64. The van der Waals surface area contributed by atoms with Gasteiger partial charge in [-0.25, -0.2) is 0 Å². The summed E-state index contributed by atoms with van der Waals surface area (Å²) >= 11 is 0. The molecule has 0 saturated heterocycles. The molecule has 1 atom stereocenters. The first-order valence-electron chi connectivity index (χ1n) is 5.35. The lowest BCUT2D eigenvalue weighted by atomic mass is 10.2. The maximum atomic E-state index is 2.56. The SMILES string of the molecule is CCC[Si]1(C)CCc2ccccc21. The highest BCUT2D eigenvalue weighted by atomic mass is 28.3. The molecule has 0 aliphatic carbocycles. The number of hydrogen-bond donors (Lipinski definition) is 0. The fraction of sp³-hybridized carbons (Fsp3) is 0.500. The first-order valence-corrected chi connectivity index (χ1v) is 8.26. The molecule has 1 heteroatoms. The molecule has 1 unspecified atom stereocenters. The average molecular weight is 190 g/mol. The number of benzene rings is 1. The lowest BCUT2D eigenvalue weighted by Crippen LogP contribution is -2.40. The highest BCUT2D eigenvalue weighted by Crippen LogP contribution is 2.27. The minimum atomic E-state index is -1.01. The second kappa shape index (κ2) is 3.30. The van der Waals surface area contributed by atoms with Crippen molar-refractivity contribution < 1.29 is 0 Å². The Morgan fingerprint density at radius 1 is 1.31 bits per heavy atom. The van der Waals surface area contributed by atoms with Crippen LogP contribution in [0.25, 0.3) is 0 Å². The van der Waals surface area contributed by atoms with Crippen LogP contribution in [-0.2, 0) is 6.42 Å². The lowest BCUT2D eigenvalue weighted by Gasteiger charge is -2.21. The van der Waals surface area contributed by atoms with E-state index >= 15 is 0 Å². The monoisotopic (exact) mass is 190 g/mol. The van der Waals surface area contributed by atoms with Gasteiger partial charge in [0.05, 0.1) is 8.07 Å². The van der Waals surface area contributed by atoms with Gasteiger partial charge in [-0.2, -0.15) is 0 Å². The Bertz CT molecular complexity index is 302. The topological polar surface area (TPSA) is 0 Å². The van der Waals surface area contributed by atoms with Crippen LogP contribution in [0.2, 0.25) is 18.6 Å². The van der Waals surface area contributed by atoms with E-state index < -0.39 is 8.07 Å². The Labute approximate surface area is 82.0 Å². The van der Waals surface area contributed by atoms with Crippen LogP contribution in [0, 0.1) is 0 Å². The molecule has 0 saturated carbocycles. The fourth-order valence-electron chi connectivity index (χ4n) is 2.68. The Kier molecular flexibility index (Phi) is 2.29. The second-order valence-electron chi connectivity index (χ2n) is 4.47. The Balaban J connectivity index is 2.37. The molecule has 2 rings (SSSR count). The molecular formula is C12H18Si. The molecule has 1 aromatic carbocycles. The number of fused-ring (bicyclic) bond motifs is 1. The second-order valence-corrected chi connectivity index (χ2v) is 9.13. The maximum absolute atomic E-state index is 2.56. The first-order chi connectivity index (χ1) is 6.26. The zero-order valence-corrected chi connectivity index (χ0v) is 9.64. The van der Waals surface area contributed by atoms with E-state index in [9.17, 15) is 0 Å². The van der Waals surface area contributed by atoms with Crippen molar-refractivity contribution in [3.05, 3.63) is 29.8 Å². The maximum Gasteiger partial charge on any atom is 0.0843 e. The zero-order chi connectivity index (χ0) is 9.31. The van der Waals surface area contributed by atoms with E-state index in [1.54, 1.807) is 10.8 Å². The Morgan fingerprint density at radius 2 is 2.08 bits per heavy atom. The van der Waals surface area contributed by atoms with Crippen LogP contribution in [0.4, 0.5) is 0 Å². The quantitative estimate of drug-likeness (QED) is 0.629. The molecule has 0 fully saturated rings. The molecule has 0 amide bonds.